The molecular weight excluding hydrogens is 267 g/mol. The van der Waals surface area contributed by atoms with Gasteiger partial charge in [0.2, 0.25) is 10.0 Å². The zero-order valence-corrected chi connectivity index (χ0v) is 11.0. The molecule has 1 aliphatic carbocycles. The van der Waals surface area contributed by atoms with E-state index in [2.05, 4.69) is 0 Å². The zero-order chi connectivity index (χ0) is 13.6. The Kier molecular flexibility index (Phi) is 2.84. The van der Waals surface area contributed by atoms with Crippen LogP contribution in [0.15, 0.2) is 23.1 Å². The third-order valence-corrected chi connectivity index (χ3v) is 5.99. The molecule has 1 aromatic carbocycles. The molecule has 0 aromatic heterocycles. The molecule has 1 saturated carbocycles. The van der Waals surface area contributed by atoms with Crippen molar-refractivity contribution in [1.82, 2.24) is 4.31 Å². The van der Waals surface area contributed by atoms with Crippen LogP contribution in [-0.2, 0) is 10.0 Å². The zero-order valence-electron chi connectivity index (χ0n) is 10.2. The Bertz CT molecular complexity index is 666. The first kappa shape index (κ1) is 12.6. The topological polar surface area (TPSA) is 61.2 Å². The van der Waals surface area contributed by atoms with Gasteiger partial charge in [-0.2, -0.15) is 9.57 Å². The van der Waals surface area contributed by atoms with Crippen molar-refractivity contribution in [1.29, 1.82) is 5.26 Å². The lowest BCUT2D eigenvalue weighted by molar-refractivity contribution is 0.333. The van der Waals surface area contributed by atoms with Gasteiger partial charge in [-0.25, -0.2) is 12.8 Å². The minimum Gasteiger partial charge on any atom is -0.207 e. The van der Waals surface area contributed by atoms with Gasteiger partial charge >= 0.3 is 0 Å². The predicted molar refractivity (Wildman–Crippen MR) is 66.1 cm³/mol. The number of piperidine rings is 1. The highest BCUT2D eigenvalue weighted by Gasteiger charge is 2.45. The van der Waals surface area contributed by atoms with Gasteiger partial charge in [-0.3, -0.25) is 0 Å². The predicted octanol–water partition coefficient (Wildman–Crippen LogP) is 1.87. The first-order valence-electron chi connectivity index (χ1n) is 6.24. The number of nitriles is 1. The molecule has 2 bridgehead atoms. The highest BCUT2D eigenvalue weighted by molar-refractivity contribution is 7.89. The van der Waals surface area contributed by atoms with E-state index in [4.69, 9.17) is 5.26 Å². The summed E-state index contributed by atoms with van der Waals surface area (Å²) in [6.45, 7) is 0.494. The van der Waals surface area contributed by atoms with Gasteiger partial charge in [-0.05, 0) is 37.3 Å². The van der Waals surface area contributed by atoms with Crippen LogP contribution in [0.1, 0.15) is 24.8 Å². The quantitative estimate of drug-likeness (QED) is 0.831. The van der Waals surface area contributed by atoms with Gasteiger partial charge in [0.1, 0.15) is 22.3 Å². The molecule has 2 fully saturated rings. The molecule has 0 radical (unpaired) electrons. The second kappa shape index (κ2) is 4.29. The molecule has 2 unspecified atom stereocenters. The fourth-order valence-corrected chi connectivity index (χ4v) is 5.02. The Labute approximate surface area is 111 Å². The Morgan fingerprint density at radius 1 is 1.37 bits per heavy atom. The summed E-state index contributed by atoms with van der Waals surface area (Å²) in [7, 11) is -3.76. The number of nitrogens with zero attached hydrogens (tertiary/aromatic N) is 2. The van der Waals surface area contributed by atoms with Gasteiger partial charge < -0.3 is 0 Å². The highest BCUT2D eigenvalue weighted by atomic mass is 32.2. The smallest absolute Gasteiger partial charge is 0.207 e. The number of fused-ring (bicyclic) bond motifs is 2. The van der Waals surface area contributed by atoms with Gasteiger partial charge in [0.15, 0.2) is 0 Å². The summed E-state index contributed by atoms with van der Waals surface area (Å²) in [5, 5.41) is 8.96. The molecule has 1 saturated heterocycles. The van der Waals surface area contributed by atoms with E-state index in [-0.39, 0.29) is 16.5 Å². The first-order chi connectivity index (χ1) is 9.04. The molecule has 2 atom stereocenters. The number of benzene rings is 1. The Hall–Kier alpha value is -1.45. The molecule has 1 heterocycles. The summed E-state index contributed by atoms with van der Waals surface area (Å²) >= 11 is 0. The van der Waals surface area contributed by atoms with Gasteiger partial charge in [0.05, 0.1) is 0 Å². The number of sulfonamides is 1. The second-order valence-corrected chi connectivity index (χ2v) is 6.99. The number of hydrogen-bond acceptors (Lipinski definition) is 3. The standard InChI is InChI=1S/C13H13FN2O2S/c14-12-2-1-3-13(11(12)7-15)19(17,18)16-8-9-4-5-10(16)6-9/h1-3,9-10H,4-6,8H2. The maximum absolute atomic E-state index is 13.6. The maximum Gasteiger partial charge on any atom is 0.244 e. The molecule has 3 rings (SSSR count). The molecule has 0 spiro atoms. The van der Waals surface area contributed by atoms with E-state index in [9.17, 15) is 12.8 Å². The number of hydrogen-bond donors (Lipinski definition) is 0. The lowest BCUT2D eigenvalue weighted by Crippen LogP contribution is -2.38. The Morgan fingerprint density at radius 3 is 2.74 bits per heavy atom. The van der Waals surface area contributed by atoms with E-state index in [0.717, 1.165) is 25.3 Å². The maximum atomic E-state index is 13.6. The lowest BCUT2D eigenvalue weighted by atomic mass is 10.1. The van der Waals surface area contributed by atoms with Crippen LogP contribution in [0.25, 0.3) is 0 Å². The average molecular weight is 280 g/mol. The van der Waals surface area contributed by atoms with Gasteiger partial charge in [-0.1, -0.05) is 6.07 Å². The van der Waals surface area contributed by atoms with Crippen LogP contribution >= 0.6 is 0 Å². The van der Waals surface area contributed by atoms with Crippen LogP contribution in [0, 0.1) is 23.1 Å². The summed E-state index contributed by atoms with van der Waals surface area (Å²) in [5.41, 5.74) is -0.384. The van der Waals surface area contributed by atoms with E-state index in [1.54, 1.807) is 6.07 Å². The van der Waals surface area contributed by atoms with Crippen LogP contribution in [0.4, 0.5) is 4.39 Å². The van der Waals surface area contributed by atoms with Crippen LogP contribution in [0.3, 0.4) is 0 Å². The third-order valence-electron chi connectivity index (χ3n) is 4.03. The largest absolute Gasteiger partial charge is 0.244 e. The van der Waals surface area contributed by atoms with Crippen molar-refractivity contribution in [3.05, 3.63) is 29.6 Å². The molecule has 1 aliphatic heterocycles. The van der Waals surface area contributed by atoms with Gasteiger partial charge in [-0.15, -0.1) is 0 Å². The van der Waals surface area contributed by atoms with E-state index in [1.165, 1.54) is 16.4 Å². The molecule has 6 heteroatoms. The fourth-order valence-electron chi connectivity index (χ4n) is 3.13. The van der Waals surface area contributed by atoms with E-state index >= 15 is 0 Å². The SMILES string of the molecule is N#Cc1c(F)cccc1S(=O)(=O)N1CC2CCC1C2. The summed E-state index contributed by atoms with van der Waals surface area (Å²) < 4.78 is 40.1. The van der Waals surface area contributed by atoms with Crippen LogP contribution in [-0.4, -0.2) is 25.3 Å². The molecule has 0 amide bonds. The van der Waals surface area contributed by atoms with Crippen molar-refractivity contribution in [2.45, 2.75) is 30.2 Å². The molecule has 4 nitrogen and oxygen atoms in total. The fraction of sp³-hybridized carbons (Fsp3) is 0.462. The molecule has 0 N–H and O–H groups in total. The van der Waals surface area contributed by atoms with Crippen LogP contribution in [0.5, 0.6) is 0 Å². The van der Waals surface area contributed by atoms with Crippen molar-refractivity contribution in [2.24, 2.45) is 5.92 Å². The van der Waals surface area contributed by atoms with Crippen molar-refractivity contribution in [3.8, 4) is 6.07 Å². The summed E-state index contributed by atoms with van der Waals surface area (Å²) in [6.07, 6.45) is 2.81. The van der Waals surface area contributed by atoms with Crippen molar-refractivity contribution >= 4 is 10.0 Å². The minimum absolute atomic E-state index is 0.0183. The molecule has 1 aromatic rings. The van der Waals surface area contributed by atoms with Crippen molar-refractivity contribution < 1.29 is 12.8 Å². The Balaban J connectivity index is 2.07. The van der Waals surface area contributed by atoms with E-state index in [0.29, 0.717) is 12.5 Å². The lowest BCUT2D eigenvalue weighted by Gasteiger charge is -2.26. The molecule has 19 heavy (non-hydrogen) atoms. The number of rotatable bonds is 2. The highest BCUT2D eigenvalue weighted by Crippen LogP contribution is 2.40. The third kappa shape index (κ3) is 1.85. The number of halogens is 1. The first-order valence-corrected chi connectivity index (χ1v) is 7.68. The second-order valence-electron chi connectivity index (χ2n) is 5.13. The minimum atomic E-state index is -3.76. The summed E-state index contributed by atoms with van der Waals surface area (Å²) in [6, 6.07) is 5.42. The van der Waals surface area contributed by atoms with Crippen molar-refractivity contribution in [2.75, 3.05) is 6.54 Å². The van der Waals surface area contributed by atoms with Crippen molar-refractivity contribution in [3.63, 3.8) is 0 Å². The van der Waals surface area contributed by atoms with Crippen LogP contribution < -0.4 is 0 Å². The van der Waals surface area contributed by atoms with Gasteiger partial charge in [0, 0.05) is 12.6 Å². The molecule has 2 aliphatic rings. The van der Waals surface area contributed by atoms with E-state index < -0.39 is 15.8 Å². The normalized spacial score (nSPS) is 26.5. The summed E-state index contributed by atoms with van der Waals surface area (Å²) in [4.78, 5) is -0.206. The summed E-state index contributed by atoms with van der Waals surface area (Å²) in [5.74, 6) is -0.369. The van der Waals surface area contributed by atoms with E-state index in [1.807, 2.05) is 0 Å². The average Bonchev–Trinajstić information content (AvgIpc) is 3.00. The monoisotopic (exact) mass is 280 g/mol. The Morgan fingerprint density at radius 2 is 2.16 bits per heavy atom. The van der Waals surface area contributed by atoms with Gasteiger partial charge in [0.25, 0.3) is 0 Å². The van der Waals surface area contributed by atoms with Crippen LogP contribution in [0.2, 0.25) is 0 Å². The molecule has 100 valence electrons. The molecular formula is C13H13FN2O2S.